The van der Waals surface area contributed by atoms with Crippen molar-refractivity contribution >= 4 is 6.09 Å². The highest BCUT2D eigenvalue weighted by Crippen LogP contribution is 2.11. The Hall–Kier alpha value is -1.63. The van der Waals surface area contributed by atoms with Crippen LogP contribution in [0.3, 0.4) is 0 Å². The lowest BCUT2D eigenvalue weighted by Crippen LogP contribution is -2.42. The third kappa shape index (κ3) is 7.45. The molecule has 132 valence electrons. The molecule has 0 radical (unpaired) electrons. The zero-order valence-electron chi connectivity index (χ0n) is 15.4. The minimum atomic E-state index is -0.481. The molecule has 0 aliphatic carbocycles. The van der Waals surface area contributed by atoms with Gasteiger partial charge < -0.3 is 15.4 Å². The number of hydrogen-bond acceptors (Lipinski definition) is 5. The molecule has 1 aromatic rings. The molecule has 0 saturated carbocycles. The van der Waals surface area contributed by atoms with Gasteiger partial charge in [0.05, 0.1) is 17.4 Å². The van der Waals surface area contributed by atoms with Gasteiger partial charge in [-0.1, -0.05) is 12.1 Å². The van der Waals surface area contributed by atoms with Crippen LogP contribution in [0.2, 0.25) is 0 Å². The molecule has 7 nitrogen and oxygen atoms in total. The molecular weight excluding hydrogens is 294 g/mol. The Balaban J connectivity index is 2.42. The largest absolute Gasteiger partial charge is 0.444 e. The Bertz CT molecular complexity index is 499. The maximum Gasteiger partial charge on any atom is 0.407 e. The number of alkyl carbamates (subject to hydrolysis) is 1. The maximum atomic E-state index is 11.7. The van der Waals surface area contributed by atoms with Crippen LogP contribution in [0.5, 0.6) is 0 Å². The normalized spacial score (nSPS) is 13.7. The van der Waals surface area contributed by atoms with Gasteiger partial charge in [-0.3, -0.25) is 0 Å². The summed E-state index contributed by atoms with van der Waals surface area (Å²) in [7, 11) is 0. The van der Waals surface area contributed by atoms with Crippen molar-refractivity contribution in [1.82, 2.24) is 25.6 Å². The summed E-state index contributed by atoms with van der Waals surface area (Å²) in [6, 6.07) is 0.155. The molecule has 0 aliphatic heterocycles. The first kappa shape index (κ1) is 19.4. The van der Waals surface area contributed by atoms with Gasteiger partial charge in [0.1, 0.15) is 5.60 Å². The van der Waals surface area contributed by atoms with Crippen LogP contribution in [0, 0.1) is 0 Å². The highest BCUT2D eigenvalue weighted by atomic mass is 16.6. The first-order valence-electron chi connectivity index (χ1n) is 8.13. The fraction of sp³-hybridized carbons (Fsp3) is 0.812. The van der Waals surface area contributed by atoms with Crippen molar-refractivity contribution in [2.75, 3.05) is 6.54 Å². The Morgan fingerprint density at radius 1 is 1.30 bits per heavy atom. The lowest BCUT2D eigenvalue weighted by Gasteiger charge is -2.22. The predicted molar refractivity (Wildman–Crippen MR) is 90.2 cm³/mol. The van der Waals surface area contributed by atoms with E-state index in [0.29, 0.717) is 13.1 Å². The summed E-state index contributed by atoms with van der Waals surface area (Å²) >= 11 is 0. The van der Waals surface area contributed by atoms with Gasteiger partial charge in [-0.05, 0) is 48.0 Å². The van der Waals surface area contributed by atoms with Gasteiger partial charge >= 0.3 is 6.09 Å². The van der Waals surface area contributed by atoms with Gasteiger partial charge in [-0.2, -0.15) is 0 Å². The second kappa shape index (κ2) is 7.77. The van der Waals surface area contributed by atoms with Crippen LogP contribution in [0.4, 0.5) is 4.79 Å². The van der Waals surface area contributed by atoms with Crippen molar-refractivity contribution in [2.45, 2.75) is 78.6 Å². The van der Waals surface area contributed by atoms with Crippen LogP contribution in [0.25, 0.3) is 0 Å². The summed E-state index contributed by atoms with van der Waals surface area (Å²) in [5, 5.41) is 14.5. The van der Waals surface area contributed by atoms with E-state index in [1.807, 2.05) is 31.6 Å². The zero-order valence-corrected chi connectivity index (χ0v) is 15.4. The fourth-order valence-corrected chi connectivity index (χ4v) is 1.84. The monoisotopic (exact) mass is 325 g/mol. The predicted octanol–water partition coefficient (Wildman–Crippen LogP) is 2.43. The number of hydrogen-bond donors (Lipinski definition) is 2. The lowest BCUT2D eigenvalue weighted by molar-refractivity contribution is 0.0522. The average molecular weight is 325 g/mol. The Morgan fingerprint density at radius 2 is 1.96 bits per heavy atom. The van der Waals surface area contributed by atoms with Gasteiger partial charge in [0.15, 0.2) is 0 Å². The molecule has 2 N–H and O–H groups in total. The summed E-state index contributed by atoms with van der Waals surface area (Å²) in [6.07, 6.45) is 2.45. The van der Waals surface area contributed by atoms with Crippen LogP contribution in [0.1, 0.15) is 60.6 Å². The fourth-order valence-electron chi connectivity index (χ4n) is 1.84. The van der Waals surface area contributed by atoms with Crippen molar-refractivity contribution in [2.24, 2.45) is 0 Å². The highest BCUT2D eigenvalue weighted by molar-refractivity contribution is 5.67. The number of rotatable bonds is 6. The minimum absolute atomic E-state index is 0.0757. The molecule has 1 rings (SSSR count). The van der Waals surface area contributed by atoms with Crippen LogP contribution < -0.4 is 10.6 Å². The third-order valence-electron chi connectivity index (χ3n) is 3.18. The molecule has 7 heteroatoms. The Labute approximate surface area is 139 Å². The van der Waals surface area contributed by atoms with Crippen molar-refractivity contribution in [3.63, 3.8) is 0 Å². The van der Waals surface area contributed by atoms with E-state index in [9.17, 15) is 4.79 Å². The lowest BCUT2D eigenvalue weighted by atomic mass is 10.1. The van der Waals surface area contributed by atoms with E-state index >= 15 is 0 Å². The number of aromatic nitrogens is 3. The molecule has 0 fully saturated rings. The summed E-state index contributed by atoms with van der Waals surface area (Å²) in [4.78, 5) is 11.7. The molecule has 0 saturated heterocycles. The summed E-state index contributed by atoms with van der Waals surface area (Å²) in [5.41, 5.74) is 0.328. The van der Waals surface area contributed by atoms with Crippen LogP contribution in [-0.2, 0) is 16.8 Å². The van der Waals surface area contributed by atoms with E-state index in [0.717, 1.165) is 12.1 Å². The topological polar surface area (TPSA) is 81.1 Å². The molecular formula is C16H31N5O2. The zero-order chi connectivity index (χ0) is 17.7. The summed E-state index contributed by atoms with van der Waals surface area (Å²) in [6.45, 7) is 15.0. The molecule has 1 heterocycles. The van der Waals surface area contributed by atoms with Gasteiger partial charge in [0.25, 0.3) is 0 Å². The molecule has 0 spiro atoms. The van der Waals surface area contributed by atoms with E-state index in [1.165, 1.54) is 0 Å². The standard InChI is InChI=1S/C16H31N5O2/c1-8-12(9-18-14(22)23-16(5,6)7)17-10-13-11-21(20-19-13)15(2,3)4/h11-12,17H,8-10H2,1-7H3,(H,18,22). The number of nitrogens with one attached hydrogen (secondary N) is 2. The van der Waals surface area contributed by atoms with E-state index in [4.69, 9.17) is 4.74 Å². The quantitative estimate of drug-likeness (QED) is 0.839. The van der Waals surface area contributed by atoms with Gasteiger partial charge in [0, 0.05) is 19.1 Å². The first-order chi connectivity index (χ1) is 10.5. The van der Waals surface area contributed by atoms with E-state index in [1.54, 1.807) is 0 Å². The molecule has 1 unspecified atom stereocenters. The van der Waals surface area contributed by atoms with Gasteiger partial charge in [-0.15, -0.1) is 5.10 Å². The van der Waals surface area contributed by atoms with Gasteiger partial charge in [0.2, 0.25) is 0 Å². The maximum absolute atomic E-state index is 11.7. The van der Waals surface area contributed by atoms with Crippen molar-refractivity contribution in [3.8, 4) is 0 Å². The molecule has 1 aromatic heterocycles. The van der Waals surface area contributed by atoms with Gasteiger partial charge in [-0.25, -0.2) is 9.48 Å². The minimum Gasteiger partial charge on any atom is -0.444 e. The summed E-state index contributed by atoms with van der Waals surface area (Å²) in [5.74, 6) is 0. The molecule has 1 atom stereocenters. The van der Waals surface area contributed by atoms with Crippen LogP contribution in [0.15, 0.2) is 6.20 Å². The van der Waals surface area contributed by atoms with Crippen molar-refractivity contribution < 1.29 is 9.53 Å². The third-order valence-corrected chi connectivity index (χ3v) is 3.18. The second-order valence-electron chi connectivity index (χ2n) is 7.69. The van der Waals surface area contributed by atoms with E-state index in [2.05, 4.69) is 48.6 Å². The number of carbonyl (C=O) groups is 1. The smallest absolute Gasteiger partial charge is 0.407 e. The van der Waals surface area contributed by atoms with Crippen LogP contribution >= 0.6 is 0 Å². The Kier molecular flexibility index (Phi) is 6.56. The number of carbonyl (C=O) groups excluding carboxylic acids is 1. The van der Waals surface area contributed by atoms with Crippen molar-refractivity contribution in [1.29, 1.82) is 0 Å². The number of ether oxygens (including phenoxy) is 1. The molecule has 0 aliphatic rings. The van der Waals surface area contributed by atoms with E-state index < -0.39 is 11.7 Å². The van der Waals surface area contributed by atoms with E-state index in [-0.39, 0.29) is 11.6 Å². The molecule has 23 heavy (non-hydrogen) atoms. The number of nitrogens with zero attached hydrogens (tertiary/aromatic N) is 3. The summed E-state index contributed by atoms with van der Waals surface area (Å²) < 4.78 is 7.08. The highest BCUT2D eigenvalue weighted by Gasteiger charge is 2.18. The first-order valence-corrected chi connectivity index (χ1v) is 8.13. The SMILES string of the molecule is CCC(CNC(=O)OC(C)(C)C)NCc1cn(C(C)(C)C)nn1. The molecule has 1 amide bonds. The average Bonchev–Trinajstić information content (AvgIpc) is 2.85. The Morgan fingerprint density at radius 3 is 2.43 bits per heavy atom. The second-order valence-corrected chi connectivity index (χ2v) is 7.69. The number of amides is 1. The molecule has 0 aromatic carbocycles. The van der Waals surface area contributed by atoms with Crippen LogP contribution in [-0.4, -0.2) is 39.3 Å². The van der Waals surface area contributed by atoms with Crippen molar-refractivity contribution in [3.05, 3.63) is 11.9 Å². The molecule has 0 bridgehead atoms.